The molecule has 108 valence electrons. The van der Waals surface area contributed by atoms with Crippen molar-refractivity contribution in [1.29, 1.82) is 0 Å². The maximum atomic E-state index is 11.1. The van der Waals surface area contributed by atoms with Crippen LogP contribution >= 0.6 is 0 Å². The Bertz CT molecular complexity index is 811. The van der Waals surface area contributed by atoms with Crippen molar-refractivity contribution in [3.63, 3.8) is 0 Å². The molecule has 2 aromatic heterocycles. The van der Waals surface area contributed by atoms with Gasteiger partial charge < -0.3 is 14.1 Å². The van der Waals surface area contributed by atoms with E-state index in [1.165, 1.54) is 16.5 Å². The number of hydrogen-bond acceptors (Lipinski definition) is 2. The number of carboxylic acid groups (broad SMARTS) is 1. The maximum absolute atomic E-state index is 11.1. The van der Waals surface area contributed by atoms with Crippen molar-refractivity contribution in [3.8, 4) is 0 Å². The highest BCUT2D eigenvalue weighted by Crippen LogP contribution is 2.23. The fraction of sp³-hybridized carbons (Fsp3) is 0.235. The molecule has 3 rings (SSSR count). The van der Waals surface area contributed by atoms with Gasteiger partial charge in [-0.2, -0.15) is 0 Å². The minimum atomic E-state index is -0.950. The lowest BCUT2D eigenvalue weighted by Crippen LogP contribution is -1.99. The Morgan fingerprint density at radius 2 is 2.14 bits per heavy atom. The molecular formula is C17H17NO3. The third-order valence-electron chi connectivity index (χ3n) is 3.78. The van der Waals surface area contributed by atoms with Gasteiger partial charge in [-0.05, 0) is 36.4 Å². The number of nitrogens with zero attached hydrogens (tertiary/aromatic N) is 1. The van der Waals surface area contributed by atoms with E-state index >= 15 is 0 Å². The molecule has 0 bridgehead atoms. The van der Waals surface area contributed by atoms with E-state index in [4.69, 9.17) is 9.52 Å². The summed E-state index contributed by atoms with van der Waals surface area (Å²) in [5.74, 6) is 0.159. The molecule has 0 spiro atoms. The zero-order chi connectivity index (χ0) is 15.0. The van der Waals surface area contributed by atoms with E-state index in [1.54, 1.807) is 13.0 Å². The molecule has 0 saturated carbocycles. The summed E-state index contributed by atoms with van der Waals surface area (Å²) in [7, 11) is 0. The smallest absolute Gasteiger partial charge is 0.339 e. The summed E-state index contributed by atoms with van der Waals surface area (Å²) >= 11 is 0. The molecule has 3 aromatic rings. The number of carbonyl (C=O) groups is 1. The van der Waals surface area contributed by atoms with Crippen LogP contribution in [0.25, 0.3) is 10.9 Å². The molecule has 0 saturated heterocycles. The lowest BCUT2D eigenvalue weighted by atomic mass is 10.1. The molecule has 4 nitrogen and oxygen atoms in total. The predicted octanol–water partition coefficient (Wildman–Crippen LogP) is 3.85. The first-order valence-corrected chi connectivity index (χ1v) is 6.99. The third kappa shape index (κ3) is 2.33. The minimum absolute atomic E-state index is 0.233. The summed E-state index contributed by atoms with van der Waals surface area (Å²) < 4.78 is 7.68. The molecule has 0 unspecified atom stereocenters. The van der Waals surface area contributed by atoms with Crippen molar-refractivity contribution >= 4 is 16.9 Å². The number of aryl methyl sites for hydroxylation is 2. The zero-order valence-electron chi connectivity index (χ0n) is 12.1. The lowest BCUT2D eigenvalue weighted by molar-refractivity contribution is 0.0695. The first-order valence-electron chi connectivity index (χ1n) is 6.99. The number of carboxylic acids is 1. The molecule has 4 heteroatoms. The Hall–Kier alpha value is -2.49. The highest BCUT2D eigenvalue weighted by Gasteiger charge is 2.14. The number of para-hydroxylation sites is 1. The monoisotopic (exact) mass is 283 g/mol. The van der Waals surface area contributed by atoms with Crippen LogP contribution in [0.4, 0.5) is 0 Å². The van der Waals surface area contributed by atoms with Gasteiger partial charge in [-0.3, -0.25) is 0 Å². The largest absolute Gasteiger partial charge is 0.478 e. The van der Waals surface area contributed by atoms with Crippen LogP contribution in [0.2, 0.25) is 0 Å². The molecule has 21 heavy (non-hydrogen) atoms. The molecule has 0 radical (unpaired) electrons. The number of aromatic nitrogens is 1. The van der Waals surface area contributed by atoms with Gasteiger partial charge in [-0.1, -0.05) is 25.1 Å². The molecule has 2 heterocycles. The fourth-order valence-corrected chi connectivity index (χ4v) is 2.76. The average molecular weight is 283 g/mol. The normalized spacial score (nSPS) is 11.1. The number of furan rings is 1. The van der Waals surface area contributed by atoms with E-state index in [-0.39, 0.29) is 5.56 Å². The molecule has 0 atom stereocenters. The van der Waals surface area contributed by atoms with Gasteiger partial charge in [0.15, 0.2) is 0 Å². The molecule has 0 aliphatic heterocycles. The van der Waals surface area contributed by atoms with Gasteiger partial charge in [0.25, 0.3) is 0 Å². The van der Waals surface area contributed by atoms with E-state index < -0.39 is 5.97 Å². The Labute approximate surface area is 122 Å². The van der Waals surface area contributed by atoms with Crippen LogP contribution in [0.15, 0.2) is 40.9 Å². The molecule has 0 aliphatic carbocycles. The first-order chi connectivity index (χ1) is 10.1. The Kier molecular flexibility index (Phi) is 3.29. The zero-order valence-corrected chi connectivity index (χ0v) is 12.1. The van der Waals surface area contributed by atoms with Gasteiger partial charge in [0.1, 0.15) is 17.1 Å². The van der Waals surface area contributed by atoms with Crippen molar-refractivity contribution in [2.24, 2.45) is 0 Å². The number of rotatable bonds is 4. The number of aromatic carboxylic acids is 1. The third-order valence-corrected chi connectivity index (χ3v) is 3.78. The van der Waals surface area contributed by atoms with Gasteiger partial charge in [-0.15, -0.1) is 0 Å². The predicted molar refractivity (Wildman–Crippen MR) is 80.8 cm³/mol. The summed E-state index contributed by atoms with van der Waals surface area (Å²) in [6, 6.07) is 9.95. The van der Waals surface area contributed by atoms with E-state index in [0.717, 1.165) is 6.42 Å². The van der Waals surface area contributed by atoms with Crippen LogP contribution in [-0.2, 0) is 13.0 Å². The molecule has 0 fully saturated rings. The van der Waals surface area contributed by atoms with Crippen LogP contribution in [-0.4, -0.2) is 15.6 Å². The van der Waals surface area contributed by atoms with Crippen LogP contribution in [0.3, 0.4) is 0 Å². The number of hydrogen-bond donors (Lipinski definition) is 1. The van der Waals surface area contributed by atoms with E-state index in [1.807, 2.05) is 6.20 Å². The summed E-state index contributed by atoms with van der Waals surface area (Å²) in [5.41, 5.74) is 2.70. The second-order valence-electron chi connectivity index (χ2n) is 5.14. The quantitative estimate of drug-likeness (QED) is 0.791. The van der Waals surface area contributed by atoms with Gasteiger partial charge in [0.05, 0.1) is 12.1 Å². The van der Waals surface area contributed by atoms with Crippen molar-refractivity contribution in [2.75, 3.05) is 0 Å². The summed E-state index contributed by atoms with van der Waals surface area (Å²) in [4.78, 5) is 11.1. The highest BCUT2D eigenvalue weighted by atomic mass is 16.4. The van der Waals surface area contributed by atoms with E-state index in [2.05, 4.69) is 35.8 Å². The minimum Gasteiger partial charge on any atom is -0.478 e. The standard InChI is InChI=1S/C17H17NO3/c1-3-12-5-4-6-13-7-8-18(16(12)13)10-14-9-15(17(19)20)11(2)21-14/h4-9H,3,10H2,1-2H3,(H,19,20). The molecule has 0 amide bonds. The van der Waals surface area contributed by atoms with Crippen LogP contribution in [0.5, 0.6) is 0 Å². The maximum Gasteiger partial charge on any atom is 0.339 e. The fourth-order valence-electron chi connectivity index (χ4n) is 2.76. The SMILES string of the molecule is CCc1cccc2ccn(Cc3cc(C(=O)O)c(C)o3)c12. The van der Waals surface area contributed by atoms with Crippen molar-refractivity contribution in [3.05, 3.63) is 59.2 Å². The van der Waals surface area contributed by atoms with E-state index in [0.29, 0.717) is 18.1 Å². The molecule has 0 aliphatic rings. The van der Waals surface area contributed by atoms with Gasteiger partial charge in [-0.25, -0.2) is 4.79 Å². The highest BCUT2D eigenvalue weighted by molar-refractivity contribution is 5.89. The second-order valence-corrected chi connectivity index (χ2v) is 5.14. The lowest BCUT2D eigenvalue weighted by Gasteiger charge is -2.07. The van der Waals surface area contributed by atoms with Crippen molar-refractivity contribution < 1.29 is 14.3 Å². The average Bonchev–Trinajstić information content (AvgIpc) is 3.03. The number of fused-ring (bicyclic) bond motifs is 1. The first kappa shape index (κ1) is 13.5. The Morgan fingerprint density at radius 1 is 1.33 bits per heavy atom. The Morgan fingerprint density at radius 3 is 2.81 bits per heavy atom. The Balaban J connectivity index is 2.02. The number of benzene rings is 1. The second kappa shape index (κ2) is 5.13. The topological polar surface area (TPSA) is 55.4 Å². The van der Waals surface area contributed by atoms with Crippen LogP contribution < -0.4 is 0 Å². The van der Waals surface area contributed by atoms with Gasteiger partial charge in [0.2, 0.25) is 0 Å². The van der Waals surface area contributed by atoms with E-state index in [9.17, 15) is 4.79 Å². The summed E-state index contributed by atoms with van der Waals surface area (Å²) in [6.07, 6.45) is 2.97. The molecule has 1 aromatic carbocycles. The van der Waals surface area contributed by atoms with Crippen molar-refractivity contribution in [2.45, 2.75) is 26.8 Å². The van der Waals surface area contributed by atoms with Gasteiger partial charge in [0, 0.05) is 6.20 Å². The van der Waals surface area contributed by atoms with Crippen molar-refractivity contribution in [1.82, 2.24) is 4.57 Å². The molecular weight excluding hydrogens is 266 g/mol. The van der Waals surface area contributed by atoms with Crippen LogP contribution in [0.1, 0.15) is 34.4 Å². The molecule has 1 N–H and O–H groups in total. The van der Waals surface area contributed by atoms with Gasteiger partial charge >= 0.3 is 5.97 Å². The van der Waals surface area contributed by atoms with Crippen LogP contribution in [0, 0.1) is 6.92 Å². The summed E-state index contributed by atoms with van der Waals surface area (Å²) in [5, 5.41) is 10.3. The summed E-state index contributed by atoms with van der Waals surface area (Å²) in [6.45, 7) is 4.35.